The Balaban J connectivity index is 0.00000225. The van der Waals surface area contributed by atoms with Crippen molar-refractivity contribution < 1.29 is 24.6 Å². The summed E-state index contributed by atoms with van der Waals surface area (Å²) in [6, 6.07) is 11.9. The molecule has 0 bridgehead atoms. The maximum absolute atomic E-state index is 13.2. The molecule has 3 N–H and O–H groups in total. The van der Waals surface area contributed by atoms with Gasteiger partial charge in [-0.25, -0.2) is 0 Å². The second-order valence-electron chi connectivity index (χ2n) is 6.44. The zero-order valence-corrected chi connectivity index (χ0v) is 18.0. The number of anilines is 3. The average molecular weight is 456 g/mol. The highest BCUT2D eigenvalue weighted by molar-refractivity contribution is 6.31. The number of benzene rings is 2. The quantitative estimate of drug-likeness (QED) is 0.696. The number of hydrogen-bond donors (Lipinski definition) is 1. The lowest BCUT2D eigenvalue weighted by atomic mass is 10.1. The van der Waals surface area contributed by atoms with Gasteiger partial charge in [-0.05, 0) is 37.4 Å². The fourth-order valence-electron chi connectivity index (χ4n) is 2.98. The predicted molar refractivity (Wildman–Crippen MR) is 118 cm³/mol. The van der Waals surface area contributed by atoms with Gasteiger partial charge in [-0.15, -0.1) is 12.4 Å². The van der Waals surface area contributed by atoms with Crippen molar-refractivity contribution in [2.45, 2.75) is 6.92 Å². The second-order valence-corrected chi connectivity index (χ2v) is 6.88. The molecule has 0 atom stereocenters. The highest BCUT2D eigenvalue weighted by atomic mass is 35.5. The van der Waals surface area contributed by atoms with E-state index in [0.29, 0.717) is 34.2 Å². The Morgan fingerprint density at radius 2 is 1.87 bits per heavy atom. The normalized spacial score (nSPS) is 11.9. The molecule has 1 heterocycles. The lowest BCUT2D eigenvalue weighted by Gasteiger charge is -2.26. The molecule has 0 saturated carbocycles. The Bertz CT molecular complexity index is 938. The lowest BCUT2D eigenvalue weighted by Crippen LogP contribution is -2.38. The van der Waals surface area contributed by atoms with Gasteiger partial charge in [0.15, 0.2) is 0 Å². The Hall–Kier alpha value is -2.65. The first-order valence-corrected chi connectivity index (χ1v) is 9.09. The number of nitrogens with one attached hydrogen (secondary N) is 1. The molecule has 2 aromatic carbocycles. The summed E-state index contributed by atoms with van der Waals surface area (Å²) in [5.41, 5.74) is 1.90. The molecular weight excluding hydrogens is 433 g/mol. The van der Waals surface area contributed by atoms with Crippen molar-refractivity contribution in [3.05, 3.63) is 53.1 Å². The first-order valence-electron chi connectivity index (χ1n) is 8.71. The molecule has 0 aromatic heterocycles. The second kappa shape index (κ2) is 10.9. The predicted octanol–water partition coefficient (Wildman–Crippen LogP) is 2.66. The third kappa shape index (κ3) is 5.70. The van der Waals surface area contributed by atoms with E-state index >= 15 is 0 Å². The number of halogens is 2. The van der Waals surface area contributed by atoms with Crippen molar-refractivity contribution in [2.75, 3.05) is 37.0 Å². The summed E-state index contributed by atoms with van der Waals surface area (Å²) >= 11 is 6.08. The first-order chi connectivity index (χ1) is 13.4. The molecule has 0 aliphatic carbocycles. The van der Waals surface area contributed by atoms with Gasteiger partial charge in [-0.1, -0.05) is 23.7 Å². The van der Waals surface area contributed by atoms with Crippen LogP contribution in [0.25, 0.3) is 0 Å². The van der Waals surface area contributed by atoms with Crippen molar-refractivity contribution in [1.29, 1.82) is 0 Å². The summed E-state index contributed by atoms with van der Waals surface area (Å²) in [6.45, 7) is 2.02. The van der Waals surface area contributed by atoms with Crippen LogP contribution in [-0.4, -0.2) is 54.9 Å². The van der Waals surface area contributed by atoms with Crippen LogP contribution in [0.4, 0.5) is 17.1 Å². The van der Waals surface area contributed by atoms with Crippen LogP contribution >= 0.6 is 24.0 Å². The van der Waals surface area contributed by atoms with Gasteiger partial charge < -0.3 is 15.5 Å². The SMILES string of the molecule is CC(=O)OCCN(C)CC(=O)N1c2ccc(Cl)cc2NC(=O)c2ccccc21.Cl.O. The number of carbonyl (C=O) groups excluding carboxylic acids is 3. The molecule has 2 amide bonds. The summed E-state index contributed by atoms with van der Waals surface area (Å²) in [6.07, 6.45) is 0. The standard InChI is InChI=1S/C20H20ClN3O4.ClH.H2O/c1-13(25)28-10-9-23(2)12-19(26)24-17-6-4-3-5-15(17)20(27)22-16-11-14(21)7-8-18(16)24;;/h3-8,11H,9-10,12H2,1-2H3,(H,22,27);1H;1H2. The number of amides is 2. The molecule has 0 fully saturated rings. The van der Waals surface area contributed by atoms with Gasteiger partial charge in [0.1, 0.15) is 6.61 Å². The molecule has 0 spiro atoms. The van der Waals surface area contributed by atoms with Crippen LogP contribution in [0.2, 0.25) is 5.02 Å². The first kappa shape index (κ1) is 25.4. The molecule has 1 aliphatic heterocycles. The minimum Gasteiger partial charge on any atom is -0.465 e. The van der Waals surface area contributed by atoms with E-state index in [4.69, 9.17) is 16.3 Å². The van der Waals surface area contributed by atoms with Crippen molar-refractivity contribution in [2.24, 2.45) is 0 Å². The van der Waals surface area contributed by atoms with Crippen LogP contribution in [0, 0.1) is 0 Å². The van der Waals surface area contributed by atoms with Gasteiger partial charge in [0.2, 0.25) is 5.91 Å². The molecule has 10 heteroatoms. The van der Waals surface area contributed by atoms with Gasteiger partial charge in [0.05, 0.1) is 29.2 Å². The minimum atomic E-state index is -0.364. The monoisotopic (exact) mass is 455 g/mol. The molecular formula is C20H23Cl2N3O5. The largest absolute Gasteiger partial charge is 0.465 e. The van der Waals surface area contributed by atoms with Crippen LogP contribution in [-0.2, 0) is 14.3 Å². The summed E-state index contributed by atoms with van der Waals surface area (Å²) < 4.78 is 4.92. The van der Waals surface area contributed by atoms with Crippen molar-refractivity contribution >= 4 is 58.9 Å². The molecule has 0 saturated heterocycles. The zero-order chi connectivity index (χ0) is 20.3. The fraction of sp³-hybridized carbons (Fsp3) is 0.250. The minimum absolute atomic E-state index is 0. The Morgan fingerprint density at radius 3 is 2.57 bits per heavy atom. The Labute approximate surface area is 185 Å². The Kier molecular flexibility index (Phi) is 9.25. The van der Waals surface area contributed by atoms with E-state index in [1.807, 2.05) is 0 Å². The van der Waals surface area contributed by atoms with E-state index in [0.717, 1.165) is 0 Å². The summed E-state index contributed by atoms with van der Waals surface area (Å²) in [5, 5.41) is 3.27. The number of nitrogens with zero attached hydrogens (tertiary/aromatic N) is 2. The number of rotatable bonds is 5. The number of esters is 1. The fourth-order valence-corrected chi connectivity index (χ4v) is 3.15. The highest BCUT2D eigenvalue weighted by Crippen LogP contribution is 2.39. The summed E-state index contributed by atoms with van der Waals surface area (Å²) in [5.74, 6) is -0.896. The third-order valence-corrected chi connectivity index (χ3v) is 4.51. The van der Waals surface area contributed by atoms with Crippen LogP contribution < -0.4 is 10.2 Å². The molecule has 2 aromatic rings. The maximum atomic E-state index is 13.2. The number of fused-ring (bicyclic) bond motifs is 2. The zero-order valence-electron chi connectivity index (χ0n) is 16.5. The molecule has 3 rings (SSSR count). The number of carbonyl (C=O) groups is 3. The van der Waals surface area contributed by atoms with Crippen molar-refractivity contribution in [3.63, 3.8) is 0 Å². The summed E-state index contributed by atoms with van der Waals surface area (Å²) in [7, 11) is 1.76. The van der Waals surface area contributed by atoms with Gasteiger partial charge in [0, 0.05) is 18.5 Å². The van der Waals surface area contributed by atoms with E-state index in [1.165, 1.54) is 11.8 Å². The van der Waals surface area contributed by atoms with Gasteiger partial charge >= 0.3 is 5.97 Å². The number of likely N-dealkylation sites (N-methyl/N-ethyl adjacent to an activating group) is 1. The lowest BCUT2D eigenvalue weighted by molar-refractivity contribution is -0.141. The molecule has 0 unspecified atom stereocenters. The van der Waals surface area contributed by atoms with Crippen molar-refractivity contribution in [3.8, 4) is 0 Å². The van der Waals surface area contributed by atoms with Gasteiger partial charge in [0.25, 0.3) is 5.91 Å². The van der Waals surface area contributed by atoms with Crippen molar-refractivity contribution in [1.82, 2.24) is 4.90 Å². The van der Waals surface area contributed by atoms with E-state index in [9.17, 15) is 14.4 Å². The van der Waals surface area contributed by atoms with Gasteiger partial charge in [-0.3, -0.25) is 24.2 Å². The van der Waals surface area contributed by atoms with E-state index < -0.39 is 0 Å². The van der Waals surface area contributed by atoms with Crippen LogP contribution in [0.1, 0.15) is 17.3 Å². The van der Waals surface area contributed by atoms with E-state index in [-0.39, 0.29) is 48.8 Å². The topological polar surface area (TPSA) is 110 Å². The highest BCUT2D eigenvalue weighted by Gasteiger charge is 2.29. The smallest absolute Gasteiger partial charge is 0.302 e. The third-order valence-electron chi connectivity index (χ3n) is 4.27. The van der Waals surface area contributed by atoms with E-state index in [1.54, 1.807) is 54.4 Å². The average Bonchev–Trinajstić information content (AvgIpc) is 2.75. The maximum Gasteiger partial charge on any atom is 0.302 e. The molecule has 30 heavy (non-hydrogen) atoms. The molecule has 1 aliphatic rings. The number of hydrogen-bond acceptors (Lipinski definition) is 5. The summed E-state index contributed by atoms with van der Waals surface area (Å²) in [4.78, 5) is 40.0. The number of ether oxygens (including phenoxy) is 1. The van der Waals surface area contributed by atoms with E-state index in [2.05, 4.69) is 5.32 Å². The van der Waals surface area contributed by atoms with Crippen LogP contribution in [0.5, 0.6) is 0 Å². The van der Waals surface area contributed by atoms with Crippen LogP contribution in [0.3, 0.4) is 0 Å². The molecule has 0 radical (unpaired) electrons. The molecule has 8 nitrogen and oxygen atoms in total. The van der Waals surface area contributed by atoms with Gasteiger partial charge in [-0.2, -0.15) is 0 Å². The van der Waals surface area contributed by atoms with Crippen LogP contribution in [0.15, 0.2) is 42.5 Å². The number of para-hydroxylation sites is 1. The Morgan fingerprint density at radius 1 is 1.17 bits per heavy atom. The molecule has 162 valence electrons.